The molecule has 1 spiro atoms. The topological polar surface area (TPSA) is 101 Å². The molecular formula is C32H32N4O5. The number of amides is 3. The molecule has 3 aromatic rings. The quantitative estimate of drug-likeness (QED) is 0.468. The third-order valence-corrected chi connectivity index (χ3v) is 8.98. The smallest absolute Gasteiger partial charge is 0.255 e. The highest BCUT2D eigenvalue weighted by molar-refractivity contribution is 6.05. The Kier molecular flexibility index (Phi) is 6.46. The van der Waals surface area contributed by atoms with Crippen molar-refractivity contribution in [2.45, 2.75) is 56.8 Å². The number of hydrogen-bond acceptors (Lipinski definition) is 7. The van der Waals surface area contributed by atoms with E-state index >= 15 is 0 Å². The zero-order valence-corrected chi connectivity index (χ0v) is 22.8. The molecule has 5 heterocycles. The van der Waals surface area contributed by atoms with Gasteiger partial charge in [0.15, 0.2) is 0 Å². The van der Waals surface area contributed by atoms with Crippen molar-refractivity contribution in [1.29, 1.82) is 0 Å². The van der Waals surface area contributed by atoms with Crippen LogP contribution in [0.2, 0.25) is 0 Å². The lowest BCUT2D eigenvalue weighted by Crippen LogP contribution is -2.52. The van der Waals surface area contributed by atoms with Crippen molar-refractivity contribution >= 4 is 17.7 Å². The van der Waals surface area contributed by atoms with E-state index in [4.69, 9.17) is 9.47 Å². The highest BCUT2D eigenvalue weighted by Crippen LogP contribution is 2.49. The normalized spacial score (nSPS) is 21.4. The number of ether oxygens (including phenoxy) is 2. The summed E-state index contributed by atoms with van der Waals surface area (Å²) < 4.78 is 12.1. The van der Waals surface area contributed by atoms with Crippen LogP contribution >= 0.6 is 0 Å². The first-order valence-corrected chi connectivity index (χ1v) is 14.3. The second kappa shape index (κ2) is 10.3. The molecule has 0 aliphatic carbocycles. The zero-order chi connectivity index (χ0) is 28.0. The van der Waals surface area contributed by atoms with Gasteiger partial charge in [-0.1, -0.05) is 42.5 Å². The van der Waals surface area contributed by atoms with Gasteiger partial charge in [0, 0.05) is 47.3 Å². The summed E-state index contributed by atoms with van der Waals surface area (Å²) in [6.45, 7) is 4.14. The number of aromatic nitrogens is 1. The summed E-state index contributed by atoms with van der Waals surface area (Å²) in [6, 6.07) is 17.4. The molecule has 0 saturated carbocycles. The lowest BCUT2D eigenvalue weighted by Gasteiger charge is -2.38. The molecular weight excluding hydrogens is 520 g/mol. The number of nitrogens with zero attached hydrogens (tertiary/aromatic N) is 3. The predicted octanol–water partition coefficient (Wildman–Crippen LogP) is 3.35. The Morgan fingerprint density at radius 2 is 1.83 bits per heavy atom. The van der Waals surface area contributed by atoms with E-state index < -0.39 is 11.9 Å². The molecule has 4 aliphatic rings. The number of benzene rings is 2. The Bertz CT molecular complexity index is 1500. The second-order valence-corrected chi connectivity index (χ2v) is 11.5. The molecule has 3 amide bonds. The fraction of sp³-hybridized carbons (Fsp3) is 0.375. The first kappa shape index (κ1) is 25.7. The Labute approximate surface area is 238 Å². The molecule has 1 aromatic heterocycles. The van der Waals surface area contributed by atoms with Gasteiger partial charge in [0.05, 0.1) is 13.2 Å². The summed E-state index contributed by atoms with van der Waals surface area (Å²) >= 11 is 0. The monoisotopic (exact) mass is 552 g/mol. The number of carbonyl (C=O) groups is 3. The van der Waals surface area contributed by atoms with Crippen molar-refractivity contribution in [3.8, 4) is 11.6 Å². The van der Waals surface area contributed by atoms with Crippen molar-refractivity contribution in [2.75, 3.05) is 19.7 Å². The van der Waals surface area contributed by atoms with Gasteiger partial charge in [-0.3, -0.25) is 24.6 Å². The van der Waals surface area contributed by atoms with Crippen molar-refractivity contribution in [3.05, 3.63) is 88.6 Å². The van der Waals surface area contributed by atoms with Crippen molar-refractivity contribution < 1.29 is 23.9 Å². The fourth-order valence-corrected chi connectivity index (χ4v) is 6.62. The number of hydrogen-bond donors (Lipinski definition) is 1. The van der Waals surface area contributed by atoms with Crippen LogP contribution in [-0.2, 0) is 34.7 Å². The van der Waals surface area contributed by atoms with E-state index in [1.54, 1.807) is 4.90 Å². The van der Waals surface area contributed by atoms with Crippen LogP contribution in [0.15, 0.2) is 60.8 Å². The van der Waals surface area contributed by atoms with Crippen LogP contribution in [0.3, 0.4) is 0 Å². The summed E-state index contributed by atoms with van der Waals surface area (Å²) in [5.74, 6) is 0.593. The van der Waals surface area contributed by atoms with Gasteiger partial charge in [-0.25, -0.2) is 4.98 Å². The number of carbonyl (C=O) groups excluding carboxylic acids is 3. The third-order valence-electron chi connectivity index (χ3n) is 8.98. The first-order valence-electron chi connectivity index (χ1n) is 14.3. The van der Waals surface area contributed by atoms with Gasteiger partial charge in [0.2, 0.25) is 17.7 Å². The maximum atomic E-state index is 13.2. The highest BCUT2D eigenvalue weighted by atomic mass is 16.5. The van der Waals surface area contributed by atoms with E-state index in [2.05, 4.69) is 27.3 Å². The Balaban J connectivity index is 0.983. The predicted molar refractivity (Wildman–Crippen MR) is 149 cm³/mol. The van der Waals surface area contributed by atoms with Crippen LogP contribution in [0.5, 0.6) is 11.6 Å². The van der Waals surface area contributed by atoms with Crippen molar-refractivity contribution in [2.24, 2.45) is 0 Å². The summed E-state index contributed by atoms with van der Waals surface area (Å²) in [4.78, 5) is 45.8. The summed E-state index contributed by atoms with van der Waals surface area (Å²) in [6.07, 6.45) is 4.43. The second-order valence-electron chi connectivity index (χ2n) is 11.5. The number of rotatable bonds is 6. The highest BCUT2D eigenvalue weighted by Gasteiger charge is 2.47. The molecule has 41 heavy (non-hydrogen) atoms. The molecule has 2 saturated heterocycles. The Morgan fingerprint density at radius 1 is 1.00 bits per heavy atom. The van der Waals surface area contributed by atoms with Crippen molar-refractivity contribution in [1.82, 2.24) is 20.1 Å². The molecule has 1 unspecified atom stereocenters. The van der Waals surface area contributed by atoms with Gasteiger partial charge in [-0.15, -0.1) is 0 Å². The Morgan fingerprint density at radius 3 is 2.59 bits per heavy atom. The van der Waals surface area contributed by atoms with Crippen LogP contribution in [0.25, 0.3) is 0 Å². The molecule has 9 heteroatoms. The lowest BCUT2D eigenvalue weighted by atomic mass is 9.74. The maximum absolute atomic E-state index is 13.2. The van der Waals surface area contributed by atoms with Gasteiger partial charge in [0.25, 0.3) is 5.91 Å². The van der Waals surface area contributed by atoms with E-state index in [1.165, 1.54) is 5.56 Å². The zero-order valence-electron chi connectivity index (χ0n) is 22.8. The van der Waals surface area contributed by atoms with E-state index in [0.29, 0.717) is 37.6 Å². The molecule has 2 fully saturated rings. The first-order chi connectivity index (χ1) is 20.0. The number of nitrogens with one attached hydrogen (secondary N) is 1. The van der Waals surface area contributed by atoms with E-state index in [1.807, 2.05) is 48.7 Å². The molecule has 0 radical (unpaired) electrons. The minimum absolute atomic E-state index is 0.0701. The van der Waals surface area contributed by atoms with Gasteiger partial charge >= 0.3 is 0 Å². The van der Waals surface area contributed by atoms with Gasteiger partial charge < -0.3 is 14.4 Å². The van der Waals surface area contributed by atoms with Crippen LogP contribution in [-0.4, -0.2) is 58.2 Å². The summed E-state index contributed by atoms with van der Waals surface area (Å²) in [5.41, 5.74) is 4.85. The molecule has 1 N–H and O–H groups in total. The molecule has 1 atom stereocenters. The SMILES string of the molecule is O=C1CCC(N2Cc3c(ccc4c3OCC43CCN(Cc4ccc(OCc5ccccc5)nc4)CC3)C2=O)C(=O)N1. The van der Waals surface area contributed by atoms with Crippen molar-refractivity contribution in [3.63, 3.8) is 0 Å². The molecule has 0 bridgehead atoms. The number of piperidine rings is 2. The molecule has 210 valence electrons. The fourth-order valence-electron chi connectivity index (χ4n) is 6.62. The van der Waals surface area contributed by atoms with Crippen LogP contribution in [0, 0.1) is 0 Å². The molecule has 9 nitrogen and oxygen atoms in total. The molecule has 2 aromatic carbocycles. The molecule has 4 aliphatic heterocycles. The average Bonchev–Trinajstić information content (AvgIpc) is 3.52. The third kappa shape index (κ3) is 4.74. The number of imide groups is 1. The standard InChI is InChI=1S/C32H32N4O5/c37-27-10-9-26(30(38)34-27)36-18-24-23(31(36)39)7-8-25-29(24)41-20-32(25)12-14-35(15-13-32)17-22-6-11-28(33-16-22)40-19-21-4-2-1-3-5-21/h1-8,11,16,26H,9-10,12-15,17-20H2,(H,34,37,38). The van der Waals surface area contributed by atoms with Gasteiger partial charge in [-0.05, 0) is 49.5 Å². The van der Waals surface area contributed by atoms with Crippen LogP contribution in [0.4, 0.5) is 0 Å². The van der Waals surface area contributed by atoms with Gasteiger partial charge in [0.1, 0.15) is 18.4 Å². The van der Waals surface area contributed by atoms with Crippen LogP contribution in [0.1, 0.15) is 58.3 Å². The number of pyridine rings is 1. The van der Waals surface area contributed by atoms with Crippen LogP contribution < -0.4 is 14.8 Å². The molecule has 7 rings (SSSR count). The van der Waals surface area contributed by atoms with E-state index in [0.717, 1.165) is 54.9 Å². The average molecular weight is 553 g/mol. The largest absolute Gasteiger partial charge is 0.492 e. The number of likely N-dealkylation sites (tertiary alicyclic amines) is 1. The van der Waals surface area contributed by atoms with E-state index in [-0.39, 0.29) is 23.7 Å². The minimum Gasteiger partial charge on any atom is -0.492 e. The summed E-state index contributed by atoms with van der Waals surface area (Å²) in [7, 11) is 0. The number of fused-ring (bicyclic) bond motifs is 4. The minimum atomic E-state index is -0.624. The lowest BCUT2D eigenvalue weighted by molar-refractivity contribution is -0.136. The maximum Gasteiger partial charge on any atom is 0.255 e. The van der Waals surface area contributed by atoms with E-state index in [9.17, 15) is 14.4 Å². The Hall–Kier alpha value is -4.24. The van der Waals surface area contributed by atoms with Gasteiger partial charge in [-0.2, -0.15) is 0 Å². The summed E-state index contributed by atoms with van der Waals surface area (Å²) in [5, 5.41) is 2.37.